The molecule has 0 amide bonds. The molecule has 122 valence electrons. The fourth-order valence-corrected chi connectivity index (χ4v) is 5.22. The zero-order chi connectivity index (χ0) is 16.1. The van der Waals surface area contributed by atoms with E-state index in [1.165, 1.54) is 11.2 Å². The summed E-state index contributed by atoms with van der Waals surface area (Å²) in [5, 5.41) is 0. The van der Waals surface area contributed by atoms with Crippen LogP contribution in [0.25, 0.3) is 0 Å². The fourth-order valence-electron chi connectivity index (χ4n) is 3.51. The molecule has 1 aromatic heterocycles. The van der Waals surface area contributed by atoms with Gasteiger partial charge in [0.1, 0.15) is 10.6 Å². The molecule has 0 aromatic carbocycles. The van der Waals surface area contributed by atoms with Crippen molar-refractivity contribution in [1.29, 1.82) is 0 Å². The largest absolute Gasteiger partial charge is 0.433 e. The molecule has 2 fully saturated rings. The maximum atomic E-state index is 12.7. The van der Waals surface area contributed by atoms with Gasteiger partial charge in [0.2, 0.25) is 10.0 Å². The Kier molecular flexibility index (Phi) is 3.71. The molecule has 3 rings (SSSR count). The molecule has 1 aliphatic heterocycles. The van der Waals surface area contributed by atoms with Crippen LogP contribution in [0.15, 0.2) is 17.0 Å². The van der Waals surface area contributed by atoms with Crippen LogP contribution in [-0.2, 0) is 16.2 Å². The molecule has 4 nitrogen and oxygen atoms in total. The molecule has 2 heterocycles. The van der Waals surface area contributed by atoms with Crippen LogP contribution in [0.4, 0.5) is 13.2 Å². The van der Waals surface area contributed by atoms with Gasteiger partial charge in [0.25, 0.3) is 0 Å². The number of nitrogens with zero attached hydrogens (tertiary/aromatic N) is 2. The number of hydrogen-bond acceptors (Lipinski definition) is 3. The number of pyridine rings is 1. The summed E-state index contributed by atoms with van der Waals surface area (Å²) in [7, 11) is -3.77. The molecular formula is C14H17F3N2O2S. The van der Waals surface area contributed by atoms with Crippen molar-refractivity contribution in [1.82, 2.24) is 9.29 Å². The van der Waals surface area contributed by atoms with E-state index in [2.05, 4.69) is 4.98 Å². The number of hydrogen-bond donors (Lipinski definition) is 0. The van der Waals surface area contributed by atoms with Crippen molar-refractivity contribution >= 4 is 10.0 Å². The normalized spacial score (nSPS) is 26.4. The summed E-state index contributed by atoms with van der Waals surface area (Å²) in [4.78, 5) is 3.30. The molecule has 1 saturated carbocycles. The lowest BCUT2D eigenvalue weighted by Gasteiger charge is -2.19. The van der Waals surface area contributed by atoms with E-state index < -0.39 is 21.9 Å². The molecule has 1 aromatic rings. The molecule has 1 aliphatic carbocycles. The van der Waals surface area contributed by atoms with E-state index in [4.69, 9.17) is 0 Å². The van der Waals surface area contributed by atoms with Gasteiger partial charge in [-0.1, -0.05) is 6.42 Å². The predicted molar refractivity (Wildman–Crippen MR) is 73.6 cm³/mol. The summed E-state index contributed by atoms with van der Waals surface area (Å²) < 4.78 is 64.6. The SMILES string of the molecule is Cc1nc(C(F)(F)F)ccc1S(=O)(=O)N1CC2CCCC2C1. The smallest absolute Gasteiger partial charge is 0.247 e. The zero-order valence-electron chi connectivity index (χ0n) is 12.1. The minimum Gasteiger partial charge on any atom is -0.247 e. The van der Waals surface area contributed by atoms with E-state index in [9.17, 15) is 21.6 Å². The van der Waals surface area contributed by atoms with Crippen molar-refractivity contribution in [2.24, 2.45) is 11.8 Å². The van der Waals surface area contributed by atoms with E-state index in [0.29, 0.717) is 24.9 Å². The molecule has 2 aliphatic rings. The van der Waals surface area contributed by atoms with Crippen molar-refractivity contribution in [3.63, 3.8) is 0 Å². The Labute approximate surface area is 127 Å². The maximum absolute atomic E-state index is 12.7. The van der Waals surface area contributed by atoms with Gasteiger partial charge in [-0.2, -0.15) is 17.5 Å². The van der Waals surface area contributed by atoms with Gasteiger partial charge in [-0.25, -0.2) is 13.4 Å². The van der Waals surface area contributed by atoms with Gasteiger partial charge in [0.15, 0.2) is 0 Å². The lowest BCUT2D eigenvalue weighted by atomic mass is 10.0. The van der Waals surface area contributed by atoms with Gasteiger partial charge in [0, 0.05) is 13.1 Å². The van der Waals surface area contributed by atoms with Gasteiger partial charge < -0.3 is 0 Å². The monoisotopic (exact) mass is 334 g/mol. The molecule has 2 atom stereocenters. The Bertz CT molecular complexity index is 676. The van der Waals surface area contributed by atoms with Crippen LogP contribution in [0.2, 0.25) is 0 Å². The van der Waals surface area contributed by atoms with Crippen LogP contribution in [0.1, 0.15) is 30.7 Å². The highest BCUT2D eigenvalue weighted by Gasteiger charge is 2.42. The lowest BCUT2D eigenvalue weighted by Crippen LogP contribution is -2.30. The van der Waals surface area contributed by atoms with Crippen LogP contribution in [-0.4, -0.2) is 30.8 Å². The van der Waals surface area contributed by atoms with Crippen LogP contribution in [0, 0.1) is 18.8 Å². The van der Waals surface area contributed by atoms with E-state index in [-0.39, 0.29) is 10.6 Å². The van der Waals surface area contributed by atoms with Gasteiger partial charge >= 0.3 is 6.18 Å². The minimum atomic E-state index is -4.57. The number of halogens is 3. The van der Waals surface area contributed by atoms with Crippen molar-refractivity contribution < 1.29 is 21.6 Å². The third kappa shape index (κ3) is 2.62. The highest BCUT2D eigenvalue weighted by atomic mass is 32.2. The molecule has 2 unspecified atom stereocenters. The second kappa shape index (κ2) is 5.19. The summed E-state index contributed by atoms with van der Waals surface area (Å²) in [6, 6.07) is 1.76. The third-order valence-electron chi connectivity index (χ3n) is 4.64. The number of aryl methyl sites for hydroxylation is 1. The molecule has 22 heavy (non-hydrogen) atoms. The highest BCUT2D eigenvalue weighted by molar-refractivity contribution is 7.89. The Morgan fingerprint density at radius 1 is 1.18 bits per heavy atom. The summed E-state index contributed by atoms with van der Waals surface area (Å²) in [6.45, 7) is 2.24. The molecule has 1 saturated heterocycles. The van der Waals surface area contributed by atoms with Gasteiger partial charge in [-0.15, -0.1) is 0 Å². The molecule has 0 radical (unpaired) electrons. The van der Waals surface area contributed by atoms with Crippen molar-refractivity contribution in [2.75, 3.05) is 13.1 Å². The Balaban J connectivity index is 1.90. The zero-order valence-corrected chi connectivity index (χ0v) is 12.9. The van der Waals surface area contributed by atoms with Crippen molar-refractivity contribution in [3.8, 4) is 0 Å². The van der Waals surface area contributed by atoms with Crippen LogP contribution in [0.3, 0.4) is 0 Å². The van der Waals surface area contributed by atoms with Crippen LogP contribution in [0.5, 0.6) is 0 Å². The summed E-state index contributed by atoms with van der Waals surface area (Å²) >= 11 is 0. The van der Waals surface area contributed by atoms with Crippen molar-refractivity contribution in [3.05, 3.63) is 23.5 Å². The number of fused-ring (bicyclic) bond motifs is 1. The van der Waals surface area contributed by atoms with E-state index in [1.54, 1.807) is 0 Å². The Morgan fingerprint density at radius 3 is 2.27 bits per heavy atom. The fraction of sp³-hybridized carbons (Fsp3) is 0.643. The maximum Gasteiger partial charge on any atom is 0.433 e. The Hall–Kier alpha value is -1.15. The van der Waals surface area contributed by atoms with Crippen LogP contribution >= 0.6 is 0 Å². The van der Waals surface area contributed by atoms with Gasteiger partial charge in [-0.05, 0) is 43.7 Å². The van der Waals surface area contributed by atoms with Crippen LogP contribution < -0.4 is 0 Å². The summed E-state index contributed by atoms with van der Waals surface area (Å²) in [5.74, 6) is 0.773. The topological polar surface area (TPSA) is 50.3 Å². The van der Waals surface area contributed by atoms with Crippen molar-refractivity contribution in [2.45, 2.75) is 37.3 Å². The first-order valence-corrected chi connectivity index (χ1v) is 8.68. The molecule has 0 bridgehead atoms. The summed E-state index contributed by atoms with van der Waals surface area (Å²) in [5.41, 5.74) is -1.17. The van der Waals surface area contributed by atoms with E-state index >= 15 is 0 Å². The molecule has 0 spiro atoms. The molecular weight excluding hydrogens is 317 g/mol. The number of alkyl halides is 3. The highest BCUT2D eigenvalue weighted by Crippen LogP contribution is 2.40. The average molecular weight is 334 g/mol. The first-order valence-electron chi connectivity index (χ1n) is 7.24. The summed E-state index contributed by atoms with van der Waals surface area (Å²) in [6.07, 6.45) is -1.39. The van der Waals surface area contributed by atoms with Gasteiger partial charge in [-0.3, -0.25) is 0 Å². The second-order valence-corrected chi connectivity index (χ2v) is 7.96. The molecule has 8 heteroatoms. The number of rotatable bonds is 2. The van der Waals surface area contributed by atoms with E-state index in [1.807, 2.05) is 0 Å². The first-order chi connectivity index (χ1) is 10.2. The quantitative estimate of drug-likeness (QED) is 0.836. The predicted octanol–water partition coefficient (Wildman–Crippen LogP) is 2.83. The number of sulfonamides is 1. The number of aromatic nitrogens is 1. The Morgan fingerprint density at radius 2 is 1.77 bits per heavy atom. The third-order valence-corrected chi connectivity index (χ3v) is 6.60. The van der Waals surface area contributed by atoms with Gasteiger partial charge in [0.05, 0.1) is 5.69 Å². The van der Waals surface area contributed by atoms with E-state index in [0.717, 1.165) is 31.4 Å². The standard InChI is InChI=1S/C14H17F3N2O2S/c1-9-12(5-6-13(18-9)14(15,16)17)22(20,21)19-7-10-3-2-4-11(10)8-19/h5-6,10-11H,2-4,7-8H2,1H3. The second-order valence-electron chi connectivity index (χ2n) is 6.05. The molecule has 0 N–H and O–H groups in total. The first kappa shape index (κ1) is 15.7. The lowest BCUT2D eigenvalue weighted by molar-refractivity contribution is -0.141. The average Bonchev–Trinajstić information content (AvgIpc) is 2.97. The minimum absolute atomic E-state index is 0.105.